The zero-order valence-corrected chi connectivity index (χ0v) is 8.43. The Bertz CT molecular complexity index is 154. The van der Waals surface area contributed by atoms with Crippen molar-refractivity contribution >= 4 is 0 Å². The quantitative estimate of drug-likeness (QED) is 0.673. The van der Waals surface area contributed by atoms with E-state index in [9.17, 15) is 5.11 Å². The molecule has 0 aromatic rings. The lowest BCUT2D eigenvalue weighted by molar-refractivity contribution is -0.0763. The van der Waals surface area contributed by atoms with Crippen LogP contribution in [0.15, 0.2) is 0 Å². The Morgan fingerprint density at radius 3 is 2.17 bits per heavy atom. The Morgan fingerprint density at radius 2 is 1.92 bits per heavy atom. The van der Waals surface area contributed by atoms with E-state index in [0.29, 0.717) is 12.5 Å². The van der Waals surface area contributed by atoms with Gasteiger partial charge in [0.2, 0.25) is 0 Å². The van der Waals surface area contributed by atoms with E-state index in [1.807, 2.05) is 6.92 Å². The van der Waals surface area contributed by atoms with Crippen molar-refractivity contribution in [1.29, 1.82) is 0 Å². The molecule has 0 aliphatic heterocycles. The van der Waals surface area contributed by atoms with Crippen LogP contribution in [0.4, 0.5) is 0 Å². The summed E-state index contributed by atoms with van der Waals surface area (Å²) in [4.78, 5) is 0. The second-order valence-corrected chi connectivity index (χ2v) is 4.54. The minimum atomic E-state index is -0.559. The molecule has 1 aliphatic rings. The first-order valence-corrected chi connectivity index (χ1v) is 4.90. The Hall–Kier alpha value is -0.0800. The molecule has 1 saturated carbocycles. The molecule has 0 radical (unpaired) electrons. The zero-order valence-electron chi connectivity index (χ0n) is 8.43. The molecule has 2 unspecified atom stereocenters. The maximum Gasteiger partial charge on any atom is 0.0713 e. The van der Waals surface area contributed by atoms with Crippen LogP contribution in [0.1, 0.15) is 40.0 Å². The predicted molar refractivity (Wildman–Crippen MR) is 50.8 cm³/mol. The minimum Gasteiger partial charge on any atom is -0.389 e. The van der Waals surface area contributed by atoms with Gasteiger partial charge in [0.25, 0.3) is 0 Å². The second kappa shape index (κ2) is 3.00. The molecule has 1 rings (SSSR count). The molecule has 0 saturated heterocycles. The van der Waals surface area contributed by atoms with Crippen molar-refractivity contribution in [1.82, 2.24) is 0 Å². The summed E-state index contributed by atoms with van der Waals surface area (Å²) < 4.78 is 0. The molecule has 3 N–H and O–H groups in total. The van der Waals surface area contributed by atoms with E-state index in [2.05, 4.69) is 13.8 Å². The molecular weight excluding hydrogens is 150 g/mol. The standard InChI is InChI=1S/C10H21NO/c1-4-9(2,7-11)10(3,12)8-5-6-8/h8,12H,4-7,11H2,1-3H3. The van der Waals surface area contributed by atoms with Gasteiger partial charge in [-0.25, -0.2) is 0 Å². The zero-order chi connectivity index (χ0) is 9.41. The maximum atomic E-state index is 10.3. The van der Waals surface area contributed by atoms with E-state index < -0.39 is 5.60 Å². The van der Waals surface area contributed by atoms with Crippen molar-refractivity contribution in [2.45, 2.75) is 45.6 Å². The molecule has 72 valence electrons. The third-order valence-electron chi connectivity index (χ3n) is 3.83. The maximum absolute atomic E-state index is 10.3. The molecule has 0 heterocycles. The van der Waals surface area contributed by atoms with Crippen molar-refractivity contribution in [2.75, 3.05) is 6.54 Å². The van der Waals surface area contributed by atoms with Gasteiger partial charge in [-0.3, -0.25) is 0 Å². The smallest absolute Gasteiger partial charge is 0.0713 e. The summed E-state index contributed by atoms with van der Waals surface area (Å²) in [7, 11) is 0. The summed E-state index contributed by atoms with van der Waals surface area (Å²) in [6.07, 6.45) is 3.29. The second-order valence-electron chi connectivity index (χ2n) is 4.54. The highest BCUT2D eigenvalue weighted by Crippen LogP contribution is 2.49. The van der Waals surface area contributed by atoms with Crippen molar-refractivity contribution in [2.24, 2.45) is 17.1 Å². The first-order valence-electron chi connectivity index (χ1n) is 4.90. The topological polar surface area (TPSA) is 46.2 Å². The third-order valence-corrected chi connectivity index (χ3v) is 3.83. The summed E-state index contributed by atoms with van der Waals surface area (Å²) in [6.45, 7) is 6.71. The fourth-order valence-electron chi connectivity index (χ4n) is 1.85. The molecule has 0 bridgehead atoms. The first-order chi connectivity index (χ1) is 5.48. The molecule has 1 aliphatic carbocycles. The fourth-order valence-corrected chi connectivity index (χ4v) is 1.85. The normalized spacial score (nSPS) is 27.8. The molecule has 0 aromatic carbocycles. The van der Waals surface area contributed by atoms with Gasteiger partial charge in [-0.2, -0.15) is 0 Å². The fraction of sp³-hybridized carbons (Fsp3) is 1.00. The van der Waals surface area contributed by atoms with Crippen LogP contribution in [-0.4, -0.2) is 17.3 Å². The summed E-state index contributed by atoms with van der Waals surface area (Å²) in [5, 5.41) is 10.3. The predicted octanol–water partition coefficient (Wildman–Crippen LogP) is 1.52. The largest absolute Gasteiger partial charge is 0.389 e. The third kappa shape index (κ3) is 1.38. The molecule has 2 atom stereocenters. The van der Waals surface area contributed by atoms with E-state index in [-0.39, 0.29) is 5.41 Å². The van der Waals surface area contributed by atoms with Gasteiger partial charge in [-0.05, 0) is 32.1 Å². The van der Waals surface area contributed by atoms with E-state index in [4.69, 9.17) is 5.73 Å². The van der Waals surface area contributed by atoms with E-state index in [0.717, 1.165) is 6.42 Å². The summed E-state index contributed by atoms with van der Waals surface area (Å²) in [5.41, 5.74) is 5.05. The van der Waals surface area contributed by atoms with Gasteiger partial charge in [-0.1, -0.05) is 13.8 Å². The molecule has 0 aromatic heterocycles. The Morgan fingerprint density at radius 1 is 1.42 bits per heavy atom. The molecule has 0 spiro atoms. The highest BCUT2D eigenvalue weighted by Gasteiger charge is 2.50. The Kier molecular flexibility index (Phi) is 2.50. The van der Waals surface area contributed by atoms with Crippen molar-refractivity contribution in [3.8, 4) is 0 Å². The van der Waals surface area contributed by atoms with Crippen LogP contribution in [0.3, 0.4) is 0 Å². The molecule has 2 nitrogen and oxygen atoms in total. The number of hydrogen-bond donors (Lipinski definition) is 2. The van der Waals surface area contributed by atoms with Gasteiger partial charge < -0.3 is 10.8 Å². The SMILES string of the molecule is CCC(C)(CN)C(C)(O)C1CC1. The average molecular weight is 171 g/mol. The Labute approximate surface area is 75.2 Å². The summed E-state index contributed by atoms with van der Waals surface area (Å²) >= 11 is 0. The van der Waals surface area contributed by atoms with Crippen LogP contribution in [0, 0.1) is 11.3 Å². The van der Waals surface area contributed by atoms with E-state index in [1.54, 1.807) is 0 Å². The van der Waals surface area contributed by atoms with Crippen molar-refractivity contribution < 1.29 is 5.11 Å². The van der Waals surface area contributed by atoms with Crippen LogP contribution in [0.25, 0.3) is 0 Å². The molecule has 0 amide bonds. The van der Waals surface area contributed by atoms with Crippen LogP contribution >= 0.6 is 0 Å². The van der Waals surface area contributed by atoms with Crippen LogP contribution in [0.5, 0.6) is 0 Å². The lowest BCUT2D eigenvalue weighted by atomic mass is 9.70. The number of nitrogens with two attached hydrogens (primary N) is 1. The van der Waals surface area contributed by atoms with Gasteiger partial charge in [0.15, 0.2) is 0 Å². The van der Waals surface area contributed by atoms with Crippen LogP contribution < -0.4 is 5.73 Å². The van der Waals surface area contributed by atoms with Crippen LogP contribution in [-0.2, 0) is 0 Å². The monoisotopic (exact) mass is 171 g/mol. The van der Waals surface area contributed by atoms with E-state index >= 15 is 0 Å². The van der Waals surface area contributed by atoms with Gasteiger partial charge in [-0.15, -0.1) is 0 Å². The highest BCUT2D eigenvalue weighted by molar-refractivity contribution is 5.02. The minimum absolute atomic E-state index is 0.103. The number of rotatable bonds is 4. The summed E-state index contributed by atoms with van der Waals surface area (Å²) in [6, 6.07) is 0. The van der Waals surface area contributed by atoms with Gasteiger partial charge in [0.1, 0.15) is 0 Å². The van der Waals surface area contributed by atoms with E-state index in [1.165, 1.54) is 12.8 Å². The van der Waals surface area contributed by atoms with Gasteiger partial charge in [0.05, 0.1) is 5.60 Å². The van der Waals surface area contributed by atoms with Gasteiger partial charge in [0, 0.05) is 12.0 Å². The first kappa shape index (κ1) is 10.0. The lowest BCUT2D eigenvalue weighted by Gasteiger charge is -2.42. The molecule has 2 heteroatoms. The van der Waals surface area contributed by atoms with Gasteiger partial charge >= 0.3 is 0 Å². The summed E-state index contributed by atoms with van der Waals surface area (Å²) in [5.74, 6) is 0.492. The molecule has 1 fully saturated rings. The molecule has 12 heavy (non-hydrogen) atoms. The van der Waals surface area contributed by atoms with Crippen molar-refractivity contribution in [3.05, 3.63) is 0 Å². The van der Waals surface area contributed by atoms with Crippen LogP contribution in [0.2, 0.25) is 0 Å². The lowest BCUT2D eigenvalue weighted by Crippen LogP contribution is -2.50. The Balaban J connectivity index is 2.74. The van der Waals surface area contributed by atoms with Crippen molar-refractivity contribution in [3.63, 3.8) is 0 Å². The number of hydrogen-bond acceptors (Lipinski definition) is 2. The average Bonchev–Trinajstić information content (AvgIpc) is 2.84. The number of aliphatic hydroxyl groups is 1. The molecular formula is C10H21NO. The highest BCUT2D eigenvalue weighted by atomic mass is 16.3.